The SMILES string of the molecule is Cc1ccc(-c2csc(N(C)C(=O)C3CC3)n2)cc1. The summed E-state index contributed by atoms with van der Waals surface area (Å²) in [5, 5.41) is 2.80. The fourth-order valence-corrected chi connectivity index (χ4v) is 2.78. The minimum atomic E-state index is 0.199. The van der Waals surface area contributed by atoms with Crippen molar-refractivity contribution in [1.29, 1.82) is 0 Å². The van der Waals surface area contributed by atoms with E-state index in [4.69, 9.17) is 0 Å². The third-order valence-corrected chi connectivity index (χ3v) is 4.30. The second kappa shape index (κ2) is 4.78. The summed E-state index contributed by atoms with van der Waals surface area (Å²) in [6.07, 6.45) is 2.05. The van der Waals surface area contributed by atoms with Crippen LogP contribution in [0.25, 0.3) is 11.3 Å². The Morgan fingerprint density at radius 2 is 2.00 bits per heavy atom. The molecule has 0 atom stereocenters. The number of aromatic nitrogens is 1. The highest BCUT2D eigenvalue weighted by Crippen LogP contribution is 2.34. The summed E-state index contributed by atoms with van der Waals surface area (Å²) in [6.45, 7) is 2.07. The number of rotatable bonds is 3. The van der Waals surface area contributed by atoms with Gasteiger partial charge >= 0.3 is 0 Å². The van der Waals surface area contributed by atoms with Gasteiger partial charge in [-0.1, -0.05) is 29.8 Å². The fourth-order valence-electron chi connectivity index (χ4n) is 1.97. The van der Waals surface area contributed by atoms with Gasteiger partial charge < -0.3 is 0 Å². The zero-order chi connectivity index (χ0) is 13.4. The lowest BCUT2D eigenvalue weighted by molar-refractivity contribution is -0.119. The van der Waals surface area contributed by atoms with Gasteiger partial charge in [-0.25, -0.2) is 4.98 Å². The van der Waals surface area contributed by atoms with Crippen molar-refractivity contribution in [3.8, 4) is 11.3 Å². The van der Waals surface area contributed by atoms with Gasteiger partial charge in [0.15, 0.2) is 5.13 Å². The number of nitrogens with zero attached hydrogens (tertiary/aromatic N) is 2. The Morgan fingerprint density at radius 3 is 2.63 bits per heavy atom. The van der Waals surface area contributed by atoms with Crippen molar-refractivity contribution in [2.24, 2.45) is 5.92 Å². The predicted molar refractivity (Wildman–Crippen MR) is 78.4 cm³/mol. The van der Waals surface area contributed by atoms with E-state index in [1.807, 2.05) is 12.4 Å². The van der Waals surface area contributed by atoms with Crippen LogP contribution < -0.4 is 4.90 Å². The van der Waals surface area contributed by atoms with Crippen LogP contribution in [-0.4, -0.2) is 17.9 Å². The van der Waals surface area contributed by atoms with Crippen LogP contribution in [0.3, 0.4) is 0 Å². The zero-order valence-corrected chi connectivity index (χ0v) is 11.9. The summed E-state index contributed by atoms with van der Waals surface area (Å²) in [5.74, 6) is 0.432. The quantitative estimate of drug-likeness (QED) is 0.857. The molecule has 1 aromatic heterocycles. The van der Waals surface area contributed by atoms with E-state index < -0.39 is 0 Å². The Kier molecular flexibility index (Phi) is 3.11. The molecule has 98 valence electrons. The van der Waals surface area contributed by atoms with E-state index in [-0.39, 0.29) is 11.8 Å². The average molecular weight is 272 g/mol. The number of hydrogen-bond acceptors (Lipinski definition) is 3. The standard InChI is InChI=1S/C15H16N2OS/c1-10-3-5-11(6-4-10)13-9-19-15(16-13)17(2)14(18)12-7-8-12/h3-6,9,12H,7-8H2,1-2H3. The molecule has 3 rings (SSSR count). The highest BCUT2D eigenvalue weighted by Gasteiger charge is 2.33. The molecule has 1 heterocycles. The van der Waals surface area contributed by atoms with Gasteiger partial charge in [0.2, 0.25) is 5.91 Å². The number of carbonyl (C=O) groups excluding carboxylic acids is 1. The van der Waals surface area contributed by atoms with Gasteiger partial charge in [-0.15, -0.1) is 11.3 Å². The molecule has 0 unspecified atom stereocenters. The van der Waals surface area contributed by atoms with Crippen LogP contribution in [0.15, 0.2) is 29.6 Å². The monoisotopic (exact) mass is 272 g/mol. The molecule has 3 nitrogen and oxygen atoms in total. The molecule has 1 aromatic carbocycles. The van der Waals surface area contributed by atoms with Crippen LogP contribution in [-0.2, 0) is 4.79 Å². The molecule has 19 heavy (non-hydrogen) atoms. The maximum Gasteiger partial charge on any atom is 0.231 e. The Hall–Kier alpha value is -1.68. The van der Waals surface area contributed by atoms with Crippen molar-refractivity contribution in [3.05, 3.63) is 35.2 Å². The van der Waals surface area contributed by atoms with Crippen LogP contribution in [0.4, 0.5) is 5.13 Å². The number of carbonyl (C=O) groups is 1. The molecule has 2 aromatic rings. The van der Waals surface area contributed by atoms with Gasteiger partial charge in [-0.2, -0.15) is 0 Å². The van der Waals surface area contributed by atoms with E-state index in [9.17, 15) is 4.79 Å². The van der Waals surface area contributed by atoms with Crippen LogP contribution >= 0.6 is 11.3 Å². The molecule has 1 aliphatic carbocycles. The van der Waals surface area contributed by atoms with Crippen LogP contribution in [0.2, 0.25) is 0 Å². The fraction of sp³-hybridized carbons (Fsp3) is 0.333. The van der Waals surface area contributed by atoms with Crippen LogP contribution in [0, 0.1) is 12.8 Å². The Bertz CT molecular complexity index is 599. The number of thiazole rings is 1. The Morgan fingerprint density at radius 1 is 1.32 bits per heavy atom. The van der Waals surface area contributed by atoms with E-state index in [0.717, 1.165) is 29.2 Å². The number of hydrogen-bond donors (Lipinski definition) is 0. The first kappa shape index (κ1) is 12.4. The summed E-state index contributed by atoms with van der Waals surface area (Å²) < 4.78 is 0. The van der Waals surface area contributed by atoms with E-state index >= 15 is 0 Å². The summed E-state index contributed by atoms with van der Waals surface area (Å²) in [4.78, 5) is 18.2. The van der Waals surface area contributed by atoms with E-state index in [2.05, 4.69) is 36.2 Å². The second-order valence-electron chi connectivity index (χ2n) is 5.05. The minimum absolute atomic E-state index is 0.199. The smallest absolute Gasteiger partial charge is 0.231 e. The molecule has 1 aliphatic rings. The van der Waals surface area contributed by atoms with Crippen molar-refractivity contribution in [3.63, 3.8) is 0 Å². The lowest BCUT2D eigenvalue weighted by Crippen LogP contribution is -2.27. The zero-order valence-electron chi connectivity index (χ0n) is 11.1. The maximum atomic E-state index is 12.0. The van der Waals surface area contributed by atoms with Gasteiger partial charge in [-0.05, 0) is 19.8 Å². The first-order valence-corrected chi connectivity index (χ1v) is 7.33. The number of aryl methyl sites for hydroxylation is 1. The molecule has 0 radical (unpaired) electrons. The highest BCUT2D eigenvalue weighted by molar-refractivity contribution is 7.14. The molecule has 0 spiro atoms. The van der Waals surface area contributed by atoms with Crippen LogP contribution in [0.1, 0.15) is 18.4 Å². The number of anilines is 1. The number of amides is 1. The summed E-state index contributed by atoms with van der Waals surface area (Å²) in [7, 11) is 1.82. The van der Waals surface area contributed by atoms with Crippen molar-refractivity contribution in [2.75, 3.05) is 11.9 Å². The topological polar surface area (TPSA) is 33.2 Å². The second-order valence-corrected chi connectivity index (χ2v) is 5.89. The molecule has 0 bridgehead atoms. The predicted octanol–water partition coefficient (Wildman–Crippen LogP) is 3.49. The molecule has 1 amide bonds. The maximum absolute atomic E-state index is 12.0. The van der Waals surface area contributed by atoms with Crippen LogP contribution in [0.5, 0.6) is 0 Å². The lowest BCUT2D eigenvalue weighted by Gasteiger charge is -2.12. The van der Waals surface area contributed by atoms with Gasteiger partial charge in [-0.3, -0.25) is 9.69 Å². The van der Waals surface area contributed by atoms with E-state index in [1.54, 1.807) is 4.90 Å². The molecule has 0 N–H and O–H groups in total. The average Bonchev–Trinajstić information content (AvgIpc) is 3.16. The molecular formula is C15H16N2OS. The minimum Gasteiger partial charge on any atom is -0.291 e. The first-order valence-electron chi connectivity index (χ1n) is 6.45. The first-order chi connectivity index (χ1) is 9.15. The Labute approximate surface area is 116 Å². The molecular weight excluding hydrogens is 256 g/mol. The molecule has 0 saturated heterocycles. The van der Waals surface area contributed by atoms with Gasteiger partial charge in [0.1, 0.15) is 0 Å². The van der Waals surface area contributed by atoms with E-state index in [1.165, 1.54) is 16.9 Å². The van der Waals surface area contributed by atoms with Crippen molar-refractivity contribution >= 4 is 22.4 Å². The Balaban J connectivity index is 1.82. The van der Waals surface area contributed by atoms with Crippen molar-refractivity contribution < 1.29 is 4.79 Å². The summed E-state index contributed by atoms with van der Waals surface area (Å²) >= 11 is 1.52. The molecule has 0 aliphatic heterocycles. The molecule has 1 fully saturated rings. The normalized spacial score (nSPS) is 14.4. The molecule has 4 heteroatoms. The van der Waals surface area contributed by atoms with Crippen molar-refractivity contribution in [2.45, 2.75) is 19.8 Å². The van der Waals surface area contributed by atoms with Gasteiger partial charge in [0.25, 0.3) is 0 Å². The largest absolute Gasteiger partial charge is 0.291 e. The lowest BCUT2D eigenvalue weighted by atomic mass is 10.1. The third-order valence-electron chi connectivity index (χ3n) is 3.38. The van der Waals surface area contributed by atoms with Gasteiger partial charge in [0.05, 0.1) is 5.69 Å². The number of benzene rings is 1. The summed E-state index contributed by atoms with van der Waals surface area (Å²) in [6, 6.07) is 8.29. The third kappa shape index (κ3) is 2.54. The van der Waals surface area contributed by atoms with Crippen molar-refractivity contribution in [1.82, 2.24) is 4.98 Å². The van der Waals surface area contributed by atoms with Gasteiger partial charge in [0, 0.05) is 23.9 Å². The molecule has 1 saturated carbocycles. The highest BCUT2D eigenvalue weighted by atomic mass is 32.1. The summed E-state index contributed by atoms with van der Waals surface area (Å²) in [5.41, 5.74) is 3.27. The van der Waals surface area contributed by atoms with E-state index in [0.29, 0.717) is 0 Å².